The van der Waals surface area contributed by atoms with Crippen molar-refractivity contribution in [2.24, 2.45) is 11.3 Å². The number of carboxylic acid groups (broad SMARTS) is 1. The number of hydrogen-bond donors (Lipinski definition) is 1. The molecule has 16 heavy (non-hydrogen) atoms. The molecule has 1 aliphatic heterocycles. The molecule has 1 saturated carbocycles. The number of carboxylic acids is 1. The second-order valence-electron chi connectivity index (χ2n) is 5.82. The van der Waals surface area contributed by atoms with Crippen molar-refractivity contribution in [1.82, 2.24) is 4.90 Å². The Morgan fingerprint density at radius 2 is 1.88 bits per heavy atom. The van der Waals surface area contributed by atoms with Gasteiger partial charge in [0.05, 0.1) is 5.41 Å². The number of rotatable bonds is 3. The minimum absolute atomic E-state index is 0.466. The maximum atomic E-state index is 11.1. The average Bonchev–Trinajstić information content (AvgIpc) is 2.74. The van der Waals surface area contributed by atoms with Gasteiger partial charge in [-0.3, -0.25) is 4.79 Å². The van der Waals surface area contributed by atoms with Gasteiger partial charge in [-0.1, -0.05) is 12.8 Å². The summed E-state index contributed by atoms with van der Waals surface area (Å²) in [7, 11) is 0. The molecule has 1 saturated heterocycles. The van der Waals surface area contributed by atoms with E-state index in [1.54, 1.807) is 0 Å². The molecule has 2 rings (SSSR count). The molecule has 1 heterocycles. The van der Waals surface area contributed by atoms with E-state index in [4.69, 9.17) is 5.11 Å². The Hall–Kier alpha value is -0.570. The van der Waals surface area contributed by atoms with Crippen LogP contribution in [0.25, 0.3) is 0 Å². The lowest BCUT2D eigenvalue weighted by Crippen LogP contribution is -2.44. The molecule has 1 aliphatic carbocycles. The van der Waals surface area contributed by atoms with Crippen LogP contribution < -0.4 is 0 Å². The molecule has 92 valence electrons. The zero-order valence-electron chi connectivity index (χ0n) is 10.2. The standard InChI is InChI=1S/C13H23NO2/c1-13(12(15)16)6-8-14(9-7-13)10-11-4-2-3-5-11/h11H,2-10H2,1H3,(H,15,16). The first kappa shape index (κ1) is 11.9. The molecule has 0 spiro atoms. The number of aliphatic carboxylic acids is 1. The molecule has 3 heteroatoms. The summed E-state index contributed by atoms with van der Waals surface area (Å²) in [5.41, 5.74) is -0.466. The Kier molecular flexibility index (Phi) is 3.53. The van der Waals surface area contributed by atoms with Crippen LogP contribution in [0.3, 0.4) is 0 Å². The van der Waals surface area contributed by atoms with Gasteiger partial charge in [-0.05, 0) is 51.6 Å². The largest absolute Gasteiger partial charge is 0.481 e. The van der Waals surface area contributed by atoms with Gasteiger partial charge in [0.15, 0.2) is 0 Å². The highest BCUT2D eigenvalue weighted by Crippen LogP contribution is 2.33. The van der Waals surface area contributed by atoms with Crippen LogP contribution in [0.4, 0.5) is 0 Å². The highest BCUT2D eigenvalue weighted by molar-refractivity contribution is 5.74. The van der Waals surface area contributed by atoms with E-state index in [0.717, 1.165) is 31.8 Å². The molecule has 0 radical (unpaired) electrons. The van der Waals surface area contributed by atoms with Crippen LogP contribution in [0.1, 0.15) is 45.4 Å². The third-order valence-electron chi connectivity index (χ3n) is 4.47. The fourth-order valence-corrected chi connectivity index (χ4v) is 3.00. The van der Waals surface area contributed by atoms with Gasteiger partial charge in [0.25, 0.3) is 0 Å². The maximum absolute atomic E-state index is 11.1. The highest BCUT2D eigenvalue weighted by Gasteiger charge is 2.37. The van der Waals surface area contributed by atoms with Crippen molar-refractivity contribution in [3.8, 4) is 0 Å². The quantitative estimate of drug-likeness (QED) is 0.801. The topological polar surface area (TPSA) is 40.5 Å². The SMILES string of the molecule is CC1(C(=O)O)CCN(CC2CCCC2)CC1. The number of carbonyl (C=O) groups is 1. The Balaban J connectivity index is 1.78. The molecule has 0 unspecified atom stereocenters. The number of piperidine rings is 1. The second kappa shape index (κ2) is 4.74. The highest BCUT2D eigenvalue weighted by atomic mass is 16.4. The average molecular weight is 225 g/mol. The first-order valence-electron chi connectivity index (χ1n) is 6.56. The molecular weight excluding hydrogens is 202 g/mol. The van der Waals surface area contributed by atoms with Crippen LogP contribution in [0.5, 0.6) is 0 Å². The third-order valence-corrected chi connectivity index (χ3v) is 4.47. The van der Waals surface area contributed by atoms with Crippen molar-refractivity contribution >= 4 is 5.97 Å². The lowest BCUT2D eigenvalue weighted by atomic mass is 9.80. The minimum atomic E-state index is -0.618. The Morgan fingerprint density at radius 3 is 2.38 bits per heavy atom. The first-order valence-corrected chi connectivity index (χ1v) is 6.56. The molecule has 3 nitrogen and oxygen atoms in total. The molecule has 0 aromatic carbocycles. The van der Waals surface area contributed by atoms with E-state index in [1.165, 1.54) is 32.2 Å². The van der Waals surface area contributed by atoms with Crippen LogP contribution in [0.15, 0.2) is 0 Å². The summed E-state index contributed by atoms with van der Waals surface area (Å²) in [5, 5.41) is 9.15. The molecule has 0 aromatic rings. The van der Waals surface area contributed by atoms with E-state index in [9.17, 15) is 4.79 Å². The molecule has 0 atom stereocenters. The minimum Gasteiger partial charge on any atom is -0.481 e. The van der Waals surface area contributed by atoms with Crippen LogP contribution in [-0.2, 0) is 4.79 Å². The summed E-state index contributed by atoms with van der Waals surface area (Å²) in [4.78, 5) is 13.6. The monoisotopic (exact) mass is 225 g/mol. The van der Waals surface area contributed by atoms with E-state index < -0.39 is 11.4 Å². The number of nitrogens with zero attached hydrogens (tertiary/aromatic N) is 1. The van der Waals surface area contributed by atoms with Gasteiger partial charge in [-0.15, -0.1) is 0 Å². The predicted octanol–water partition coefficient (Wildman–Crippen LogP) is 2.36. The molecule has 2 fully saturated rings. The molecule has 1 N–H and O–H groups in total. The first-order chi connectivity index (χ1) is 7.60. The summed E-state index contributed by atoms with van der Waals surface area (Å²) in [6.45, 7) is 5.04. The van der Waals surface area contributed by atoms with E-state index >= 15 is 0 Å². The van der Waals surface area contributed by atoms with Crippen LogP contribution in [0.2, 0.25) is 0 Å². The van der Waals surface area contributed by atoms with Gasteiger partial charge in [-0.25, -0.2) is 0 Å². The predicted molar refractivity (Wildman–Crippen MR) is 63.4 cm³/mol. The summed E-state index contributed by atoms with van der Waals surface area (Å²) >= 11 is 0. The summed E-state index contributed by atoms with van der Waals surface area (Å²) in [6.07, 6.45) is 7.18. The van der Waals surface area contributed by atoms with E-state index in [1.807, 2.05) is 6.92 Å². The van der Waals surface area contributed by atoms with Gasteiger partial charge in [0.2, 0.25) is 0 Å². The van der Waals surface area contributed by atoms with Gasteiger partial charge in [0.1, 0.15) is 0 Å². The van der Waals surface area contributed by atoms with Crippen molar-refractivity contribution < 1.29 is 9.90 Å². The molecule has 2 aliphatic rings. The summed E-state index contributed by atoms with van der Waals surface area (Å²) in [6, 6.07) is 0. The fraction of sp³-hybridized carbons (Fsp3) is 0.923. The second-order valence-corrected chi connectivity index (χ2v) is 5.82. The van der Waals surface area contributed by atoms with Gasteiger partial charge < -0.3 is 10.0 Å². The zero-order chi connectivity index (χ0) is 11.6. The van der Waals surface area contributed by atoms with Gasteiger partial charge in [-0.2, -0.15) is 0 Å². The number of hydrogen-bond acceptors (Lipinski definition) is 2. The van der Waals surface area contributed by atoms with Crippen molar-refractivity contribution in [2.75, 3.05) is 19.6 Å². The molecule has 0 amide bonds. The zero-order valence-corrected chi connectivity index (χ0v) is 10.2. The summed E-state index contributed by atoms with van der Waals surface area (Å²) < 4.78 is 0. The van der Waals surface area contributed by atoms with Crippen LogP contribution in [-0.4, -0.2) is 35.6 Å². The van der Waals surface area contributed by atoms with Gasteiger partial charge in [0, 0.05) is 6.54 Å². The van der Waals surface area contributed by atoms with Crippen molar-refractivity contribution in [3.63, 3.8) is 0 Å². The maximum Gasteiger partial charge on any atom is 0.309 e. The van der Waals surface area contributed by atoms with Crippen molar-refractivity contribution in [3.05, 3.63) is 0 Å². The molecular formula is C13H23NO2. The van der Waals surface area contributed by atoms with E-state index in [-0.39, 0.29) is 0 Å². The lowest BCUT2D eigenvalue weighted by molar-refractivity contribution is -0.150. The van der Waals surface area contributed by atoms with Crippen LogP contribution in [0, 0.1) is 11.3 Å². The summed E-state index contributed by atoms with van der Waals surface area (Å²) in [5.74, 6) is 0.266. The fourth-order valence-electron chi connectivity index (χ4n) is 3.00. The van der Waals surface area contributed by atoms with E-state index in [0.29, 0.717) is 0 Å². The Morgan fingerprint density at radius 1 is 1.31 bits per heavy atom. The third kappa shape index (κ3) is 2.57. The van der Waals surface area contributed by atoms with Crippen molar-refractivity contribution in [2.45, 2.75) is 45.4 Å². The van der Waals surface area contributed by atoms with E-state index in [2.05, 4.69) is 4.90 Å². The number of likely N-dealkylation sites (tertiary alicyclic amines) is 1. The van der Waals surface area contributed by atoms with Crippen LogP contribution >= 0.6 is 0 Å². The Labute approximate surface area is 97.8 Å². The normalized spacial score (nSPS) is 27.1. The van der Waals surface area contributed by atoms with Gasteiger partial charge >= 0.3 is 5.97 Å². The molecule has 0 aromatic heterocycles. The Bertz CT molecular complexity index is 251. The lowest BCUT2D eigenvalue weighted by Gasteiger charge is -2.37. The van der Waals surface area contributed by atoms with Crippen molar-refractivity contribution in [1.29, 1.82) is 0 Å². The smallest absolute Gasteiger partial charge is 0.309 e. The molecule has 0 bridgehead atoms.